The van der Waals surface area contributed by atoms with Crippen molar-refractivity contribution < 1.29 is 19.5 Å². The molecule has 1 saturated carbocycles. The molecule has 1 aromatic rings. The predicted octanol–water partition coefficient (Wildman–Crippen LogP) is 2.74. The van der Waals surface area contributed by atoms with Crippen molar-refractivity contribution in [3.8, 4) is 0 Å². The SMILES string of the molecule is O=C(O)c1cc(N2C(=O)[C@@H]3[C@H](C2=O)[C@H]2C=C[C@@H]3CC2)ccc1Cl. The third-order valence-electron chi connectivity index (χ3n) is 5.20. The number of carboxylic acids is 1. The van der Waals surface area contributed by atoms with Crippen LogP contribution in [0.4, 0.5) is 5.69 Å². The maximum atomic E-state index is 12.8. The lowest BCUT2D eigenvalue weighted by Crippen LogP contribution is -2.38. The molecule has 1 aliphatic heterocycles. The monoisotopic (exact) mass is 331 g/mol. The van der Waals surface area contributed by atoms with Crippen LogP contribution < -0.4 is 4.90 Å². The summed E-state index contributed by atoms with van der Waals surface area (Å²) in [4.78, 5) is 38.0. The minimum absolute atomic E-state index is 0.0829. The number of nitrogens with zero attached hydrogens (tertiary/aromatic N) is 1. The van der Waals surface area contributed by atoms with E-state index in [0.29, 0.717) is 0 Å². The molecule has 4 atom stereocenters. The Labute approximate surface area is 137 Å². The van der Waals surface area contributed by atoms with Gasteiger partial charge in [0, 0.05) is 0 Å². The number of aromatic carboxylic acids is 1. The third-order valence-corrected chi connectivity index (χ3v) is 5.53. The first-order chi connectivity index (χ1) is 11.0. The second-order valence-corrected chi connectivity index (χ2v) is 6.73. The van der Waals surface area contributed by atoms with Gasteiger partial charge in [0.2, 0.25) is 11.8 Å². The summed E-state index contributed by atoms with van der Waals surface area (Å²) in [6.45, 7) is 0. The van der Waals surface area contributed by atoms with E-state index in [0.717, 1.165) is 17.7 Å². The molecule has 2 fully saturated rings. The highest BCUT2D eigenvalue weighted by Gasteiger charge is 2.56. The molecule has 0 unspecified atom stereocenters. The van der Waals surface area contributed by atoms with Crippen molar-refractivity contribution in [1.29, 1.82) is 0 Å². The first-order valence-electron chi connectivity index (χ1n) is 7.58. The molecule has 1 N–H and O–H groups in total. The van der Waals surface area contributed by atoms with Crippen LogP contribution in [-0.4, -0.2) is 22.9 Å². The van der Waals surface area contributed by atoms with E-state index in [9.17, 15) is 19.5 Å². The smallest absolute Gasteiger partial charge is 0.337 e. The molecule has 5 nitrogen and oxygen atoms in total. The summed E-state index contributed by atoms with van der Waals surface area (Å²) in [5.74, 6) is -2.04. The quantitative estimate of drug-likeness (QED) is 0.668. The molecule has 5 rings (SSSR count). The molecule has 4 aliphatic rings. The van der Waals surface area contributed by atoms with E-state index >= 15 is 0 Å². The fraction of sp³-hybridized carbons (Fsp3) is 0.353. The van der Waals surface area contributed by atoms with Crippen LogP contribution in [0.2, 0.25) is 5.02 Å². The summed E-state index contributed by atoms with van der Waals surface area (Å²) < 4.78 is 0. The summed E-state index contributed by atoms with van der Waals surface area (Å²) in [5, 5.41) is 9.27. The van der Waals surface area contributed by atoms with E-state index in [-0.39, 0.29) is 51.8 Å². The second-order valence-electron chi connectivity index (χ2n) is 6.32. The highest BCUT2D eigenvalue weighted by Crippen LogP contribution is 2.50. The molecule has 118 valence electrons. The van der Waals surface area contributed by atoms with Crippen LogP contribution >= 0.6 is 11.6 Å². The molecule has 0 aromatic heterocycles. The van der Waals surface area contributed by atoms with E-state index in [1.807, 2.05) is 0 Å². The van der Waals surface area contributed by atoms with Gasteiger partial charge < -0.3 is 5.11 Å². The Kier molecular flexibility index (Phi) is 3.10. The summed E-state index contributed by atoms with van der Waals surface area (Å²) in [7, 11) is 0. The Balaban J connectivity index is 1.76. The van der Waals surface area contributed by atoms with Crippen molar-refractivity contribution in [3.05, 3.63) is 40.9 Å². The lowest BCUT2D eigenvalue weighted by molar-refractivity contribution is -0.124. The molecule has 23 heavy (non-hydrogen) atoms. The molecule has 6 heteroatoms. The van der Waals surface area contributed by atoms with Crippen molar-refractivity contribution in [2.45, 2.75) is 12.8 Å². The minimum Gasteiger partial charge on any atom is -0.478 e. The Morgan fingerprint density at radius 3 is 2.13 bits per heavy atom. The molecule has 1 saturated heterocycles. The molecule has 0 radical (unpaired) electrons. The molecule has 2 bridgehead atoms. The number of hydrogen-bond donors (Lipinski definition) is 1. The number of carbonyl (C=O) groups is 3. The first kappa shape index (κ1) is 14.5. The fourth-order valence-electron chi connectivity index (χ4n) is 4.14. The largest absolute Gasteiger partial charge is 0.478 e. The topological polar surface area (TPSA) is 74.7 Å². The summed E-state index contributed by atoms with van der Waals surface area (Å²) in [6, 6.07) is 4.24. The molecular formula is C17H14ClNO4. The van der Waals surface area contributed by atoms with Crippen molar-refractivity contribution in [1.82, 2.24) is 0 Å². The normalized spacial score (nSPS) is 31.6. The maximum absolute atomic E-state index is 12.8. The first-order valence-corrected chi connectivity index (χ1v) is 7.96. The van der Waals surface area contributed by atoms with Crippen LogP contribution in [0.3, 0.4) is 0 Å². The summed E-state index contributed by atoms with van der Waals surface area (Å²) in [6.07, 6.45) is 5.95. The number of amides is 2. The van der Waals surface area contributed by atoms with E-state index in [1.54, 1.807) is 0 Å². The number of imide groups is 1. The van der Waals surface area contributed by atoms with Gasteiger partial charge in [0.05, 0.1) is 28.1 Å². The van der Waals surface area contributed by atoms with Gasteiger partial charge in [0.15, 0.2) is 0 Å². The van der Waals surface area contributed by atoms with Gasteiger partial charge >= 0.3 is 5.97 Å². The Hall–Kier alpha value is -2.14. The fourth-order valence-corrected chi connectivity index (χ4v) is 4.34. The number of benzene rings is 1. The molecule has 2 amide bonds. The van der Waals surface area contributed by atoms with Gasteiger partial charge in [0.25, 0.3) is 0 Å². The van der Waals surface area contributed by atoms with Gasteiger partial charge in [-0.05, 0) is 42.9 Å². The van der Waals surface area contributed by atoms with Crippen molar-refractivity contribution in [2.75, 3.05) is 4.90 Å². The van der Waals surface area contributed by atoms with Crippen LogP contribution in [0.25, 0.3) is 0 Å². The zero-order chi connectivity index (χ0) is 16.3. The Morgan fingerprint density at radius 1 is 1.09 bits per heavy atom. The van der Waals surface area contributed by atoms with Gasteiger partial charge in [-0.15, -0.1) is 0 Å². The van der Waals surface area contributed by atoms with E-state index < -0.39 is 5.97 Å². The van der Waals surface area contributed by atoms with Crippen molar-refractivity contribution in [3.63, 3.8) is 0 Å². The molecule has 1 heterocycles. The highest BCUT2D eigenvalue weighted by atomic mass is 35.5. The van der Waals surface area contributed by atoms with Crippen LogP contribution in [0.1, 0.15) is 23.2 Å². The second kappa shape index (κ2) is 4.93. The maximum Gasteiger partial charge on any atom is 0.337 e. The third kappa shape index (κ3) is 1.96. The van der Waals surface area contributed by atoms with Crippen molar-refractivity contribution >= 4 is 35.1 Å². The number of anilines is 1. The van der Waals surface area contributed by atoms with Crippen LogP contribution in [0, 0.1) is 23.7 Å². The lowest BCUT2D eigenvalue weighted by Gasteiger charge is -2.38. The molecule has 0 spiro atoms. The van der Waals surface area contributed by atoms with E-state index in [4.69, 9.17) is 11.6 Å². The number of hydrogen-bond acceptors (Lipinski definition) is 3. The molecule has 3 aliphatic carbocycles. The standard InChI is InChI=1S/C17H14ClNO4/c18-12-6-5-10(7-11(12)17(22)23)19-15(20)13-8-1-2-9(4-3-8)14(13)16(19)21/h1-2,5-9,13-14H,3-4H2,(H,22,23)/t8-,9+,13+,14-. The summed E-state index contributed by atoms with van der Waals surface area (Å²) in [5.41, 5.74) is 0.177. The van der Waals surface area contributed by atoms with E-state index in [2.05, 4.69) is 12.2 Å². The lowest BCUT2D eigenvalue weighted by atomic mass is 9.63. The Bertz CT molecular complexity index is 740. The summed E-state index contributed by atoms with van der Waals surface area (Å²) >= 11 is 5.87. The predicted molar refractivity (Wildman–Crippen MR) is 83.2 cm³/mol. The van der Waals surface area contributed by atoms with Crippen LogP contribution in [-0.2, 0) is 9.59 Å². The van der Waals surface area contributed by atoms with Gasteiger partial charge in [-0.3, -0.25) is 9.59 Å². The average molecular weight is 332 g/mol. The van der Waals surface area contributed by atoms with Crippen molar-refractivity contribution in [2.24, 2.45) is 23.7 Å². The van der Waals surface area contributed by atoms with Crippen LogP contribution in [0.15, 0.2) is 30.4 Å². The minimum atomic E-state index is -1.19. The van der Waals surface area contributed by atoms with E-state index in [1.165, 1.54) is 18.2 Å². The van der Waals surface area contributed by atoms with Gasteiger partial charge in [-0.2, -0.15) is 0 Å². The number of fused-ring (bicyclic) bond motifs is 1. The zero-order valence-electron chi connectivity index (χ0n) is 12.1. The van der Waals surface area contributed by atoms with Gasteiger partial charge in [-0.1, -0.05) is 23.8 Å². The number of allylic oxidation sites excluding steroid dienone is 2. The molecule has 1 aromatic carbocycles. The van der Waals surface area contributed by atoms with Gasteiger partial charge in [0.1, 0.15) is 0 Å². The number of carbonyl (C=O) groups excluding carboxylic acids is 2. The number of carboxylic acid groups (broad SMARTS) is 1. The zero-order valence-corrected chi connectivity index (χ0v) is 12.9. The van der Waals surface area contributed by atoms with Gasteiger partial charge in [-0.25, -0.2) is 9.69 Å². The highest BCUT2D eigenvalue weighted by molar-refractivity contribution is 6.34. The number of rotatable bonds is 2. The average Bonchev–Trinajstić information content (AvgIpc) is 2.83. The molecular weight excluding hydrogens is 318 g/mol. The Morgan fingerprint density at radius 2 is 1.65 bits per heavy atom. The number of halogens is 1. The van der Waals surface area contributed by atoms with Crippen LogP contribution in [0.5, 0.6) is 0 Å².